The highest BCUT2D eigenvalue weighted by Crippen LogP contribution is 2.34. The molecule has 0 bridgehead atoms. The van der Waals surface area contributed by atoms with Gasteiger partial charge >= 0.3 is 0 Å². The van der Waals surface area contributed by atoms with Gasteiger partial charge in [-0.3, -0.25) is 4.79 Å². The second kappa shape index (κ2) is 10.6. The van der Waals surface area contributed by atoms with E-state index in [1.54, 1.807) is 31.3 Å². The van der Waals surface area contributed by atoms with Crippen molar-refractivity contribution < 1.29 is 19.0 Å². The van der Waals surface area contributed by atoms with Gasteiger partial charge in [0.2, 0.25) is 0 Å². The van der Waals surface area contributed by atoms with Crippen molar-refractivity contribution in [1.82, 2.24) is 4.90 Å². The maximum absolute atomic E-state index is 12.8. The first kappa shape index (κ1) is 19.9. The molecule has 0 radical (unpaired) electrons. The normalized spacial score (nSPS) is 9.88. The molecule has 0 heterocycles. The zero-order valence-corrected chi connectivity index (χ0v) is 15.3. The number of unbranched alkanes of at least 4 members (excludes halogenated alkanes) is 1. The quantitative estimate of drug-likeness (QED) is 0.541. The topological polar surface area (TPSA) is 48.0 Å². The molecule has 0 atom stereocenters. The number of rotatable bonds is 8. The lowest BCUT2D eigenvalue weighted by Gasteiger charge is -2.21. The smallest absolute Gasteiger partial charge is 0.255 e. The fraction of sp³-hybridized carbons (Fsp3) is 0.526. The van der Waals surface area contributed by atoms with E-state index in [2.05, 4.69) is 18.8 Å². The first-order chi connectivity index (χ1) is 11.6. The lowest BCUT2D eigenvalue weighted by Crippen LogP contribution is -2.31. The molecular formula is C19H27NO4. The van der Waals surface area contributed by atoms with E-state index in [1.165, 1.54) is 0 Å². The minimum absolute atomic E-state index is 0.0580. The number of hydrogen-bond donors (Lipinski definition) is 0. The number of ether oxygens (including phenoxy) is 3. The molecule has 0 fully saturated rings. The number of carbonyl (C=O) groups excluding carboxylic acids is 1. The summed E-state index contributed by atoms with van der Waals surface area (Å²) in [6, 6.07) is 3.46. The molecule has 132 valence electrons. The zero-order valence-electron chi connectivity index (χ0n) is 15.3. The van der Waals surface area contributed by atoms with Crippen LogP contribution >= 0.6 is 0 Å². The van der Waals surface area contributed by atoms with Gasteiger partial charge in [-0.2, -0.15) is 0 Å². The molecule has 0 N–H and O–H groups in total. The Morgan fingerprint density at radius 2 is 1.88 bits per heavy atom. The van der Waals surface area contributed by atoms with E-state index in [1.807, 2.05) is 13.8 Å². The predicted molar refractivity (Wildman–Crippen MR) is 94.5 cm³/mol. The van der Waals surface area contributed by atoms with Crippen LogP contribution in [-0.2, 0) is 4.74 Å². The molecule has 0 unspecified atom stereocenters. The first-order valence-corrected chi connectivity index (χ1v) is 8.25. The second-order valence-corrected chi connectivity index (χ2v) is 5.10. The molecule has 0 saturated heterocycles. The summed E-state index contributed by atoms with van der Waals surface area (Å²) in [7, 11) is 3.10. The molecule has 0 aliphatic carbocycles. The molecule has 0 aromatic heterocycles. The third-order valence-electron chi connectivity index (χ3n) is 3.53. The Morgan fingerprint density at radius 3 is 2.42 bits per heavy atom. The van der Waals surface area contributed by atoms with Crippen molar-refractivity contribution in [2.24, 2.45) is 0 Å². The lowest BCUT2D eigenvalue weighted by molar-refractivity contribution is 0.0491. The van der Waals surface area contributed by atoms with E-state index < -0.39 is 0 Å². The lowest BCUT2D eigenvalue weighted by atomic mass is 10.0. The molecule has 5 nitrogen and oxygen atoms in total. The third-order valence-corrected chi connectivity index (χ3v) is 3.53. The minimum atomic E-state index is -0.0580. The number of methoxy groups -OCH3 is 2. The van der Waals surface area contributed by atoms with Gasteiger partial charge in [0, 0.05) is 26.6 Å². The van der Waals surface area contributed by atoms with Gasteiger partial charge < -0.3 is 19.1 Å². The van der Waals surface area contributed by atoms with Gasteiger partial charge in [0.15, 0.2) is 18.3 Å². The molecule has 1 aromatic rings. The molecule has 0 aliphatic heterocycles. The summed E-state index contributed by atoms with van der Waals surface area (Å²) >= 11 is 0. The largest absolute Gasteiger partial charge is 0.492 e. The van der Waals surface area contributed by atoms with E-state index in [0.717, 1.165) is 12.8 Å². The Morgan fingerprint density at radius 1 is 1.17 bits per heavy atom. The third kappa shape index (κ3) is 4.90. The van der Waals surface area contributed by atoms with Gasteiger partial charge in [-0.25, -0.2) is 0 Å². The van der Waals surface area contributed by atoms with Gasteiger partial charge in [-0.05, 0) is 32.4 Å². The monoisotopic (exact) mass is 333 g/mol. The van der Waals surface area contributed by atoms with Crippen molar-refractivity contribution in [2.75, 3.05) is 34.1 Å². The van der Waals surface area contributed by atoms with Gasteiger partial charge in [0.1, 0.15) is 0 Å². The zero-order chi connectivity index (χ0) is 17.9. The van der Waals surface area contributed by atoms with Gasteiger partial charge in [-0.15, -0.1) is 0 Å². The fourth-order valence-corrected chi connectivity index (χ4v) is 2.26. The summed E-state index contributed by atoms with van der Waals surface area (Å²) in [6.07, 6.45) is 1.71. The molecule has 24 heavy (non-hydrogen) atoms. The van der Waals surface area contributed by atoms with Crippen LogP contribution in [0.1, 0.15) is 49.5 Å². The molecule has 0 saturated carbocycles. The van der Waals surface area contributed by atoms with Crippen molar-refractivity contribution in [3.05, 3.63) is 23.3 Å². The summed E-state index contributed by atoms with van der Waals surface area (Å²) in [5.74, 6) is 7.10. The Balaban J connectivity index is 3.42. The molecule has 5 heteroatoms. The Hall–Kier alpha value is -2.19. The van der Waals surface area contributed by atoms with Crippen molar-refractivity contribution in [3.63, 3.8) is 0 Å². The summed E-state index contributed by atoms with van der Waals surface area (Å²) < 4.78 is 16.0. The highest BCUT2D eigenvalue weighted by Gasteiger charge is 2.21. The SMILES string of the molecule is CCCC#Cc1c(C(=O)N(CC)CC)ccc(OCOC)c1OC. The van der Waals surface area contributed by atoms with Crippen LogP contribution in [0.15, 0.2) is 12.1 Å². The maximum atomic E-state index is 12.8. The number of benzene rings is 1. The molecular weight excluding hydrogens is 306 g/mol. The second-order valence-electron chi connectivity index (χ2n) is 5.10. The van der Waals surface area contributed by atoms with Crippen molar-refractivity contribution in [3.8, 4) is 23.3 Å². The molecule has 1 amide bonds. The number of nitrogens with zero attached hydrogens (tertiary/aromatic N) is 1. The van der Waals surface area contributed by atoms with Crippen LogP contribution in [0.2, 0.25) is 0 Å². The van der Waals surface area contributed by atoms with Crippen LogP contribution in [0.3, 0.4) is 0 Å². The number of hydrogen-bond acceptors (Lipinski definition) is 4. The van der Waals surface area contributed by atoms with Crippen LogP contribution < -0.4 is 9.47 Å². The van der Waals surface area contributed by atoms with Crippen molar-refractivity contribution in [2.45, 2.75) is 33.6 Å². The highest BCUT2D eigenvalue weighted by molar-refractivity contribution is 5.98. The standard InChI is InChI=1S/C19H27NO4/c1-6-9-10-11-15-16(19(21)20(7-2)8-3)12-13-17(18(15)23-5)24-14-22-4/h12-13H,6-9,14H2,1-5H3. The molecule has 1 rings (SSSR count). The van der Waals surface area contributed by atoms with Crippen LogP contribution in [-0.4, -0.2) is 44.9 Å². The average Bonchev–Trinajstić information content (AvgIpc) is 2.60. The van der Waals surface area contributed by atoms with Crippen LogP contribution in [0.25, 0.3) is 0 Å². The first-order valence-electron chi connectivity index (χ1n) is 8.25. The van der Waals surface area contributed by atoms with Crippen LogP contribution in [0, 0.1) is 11.8 Å². The van der Waals surface area contributed by atoms with Crippen molar-refractivity contribution in [1.29, 1.82) is 0 Å². The Labute approximate surface area is 144 Å². The highest BCUT2D eigenvalue weighted by atomic mass is 16.7. The van der Waals surface area contributed by atoms with Gasteiger partial charge in [0.05, 0.1) is 18.2 Å². The number of amides is 1. The van der Waals surface area contributed by atoms with Crippen molar-refractivity contribution >= 4 is 5.91 Å². The fourth-order valence-electron chi connectivity index (χ4n) is 2.26. The minimum Gasteiger partial charge on any atom is -0.492 e. The molecule has 0 spiro atoms. The summed E-state index contributed by atoms with van der Waals surface area (Å²) in [4.78, 5) is 14.6. The van der Waals surface area contributed by atoms with E-state index in [9.17, 15) is 4.79 Å². The van der Waals surface area contributed by atoms with E-state index in [4.69, 9.17) is 14.2 Å². The maximum Gasteiger partial charge on any atom is 0.255 e. The van der Waals surface area contributed by atoms with Crippen LogP contribution in [0.4, 0.5) is 0 Å². The van der Waals surface area contributed by atoms with Gasteiger partial charge in [0.25, 0.3) is 5.91 Å². The number of carbonyl (C=O) groups is 1. The Bertz CT molecular complexity index is 597. The van der Waals surface area contributed by atoms with E-state index in [0.29, 0.717) is 35.7 Å². The van der Waals surface area contributed by atoms with E-state index >= 15 is 0 Å². The Kier molecular flexibility index (Phi) is 8.74. The summed E-state index contributed by atoms with van der Waals surface area (Å²) in [5, 5.41) is 0. The summed E-state index contributed by atoms with van der Waals surface area (Å²) in [5.41, 5.74) is 1.10. The average molecular weight is 333 g/mol. The molecule has 1 aromatic carbocycles. The van der Waals surface area contributed by atoms with E-state index in [-0.39, 0.29) is 12.7 Å². The van der Waals surface area contributed by atoms with Gasteiger partial charge in [-0.1, -0.05) is 18.8 Å². The summed E-state index contributed by atoms with van der Waals surface area (Å²) in [6.45, 7) is 7.35. The predicted octanol–water partition coefficient (Wildman–Crippen LogP) is 3.31. The molecule has 0 aliphatic rings. The van der Waals surface area contributed by atoms with Crippen LogP contribution in [0.5, 0.6) is 11.5 Å².